The average Bonchev–Trinajstić information content (AvgIpc) is 2.33. The van der Waals surface area contributed by atoms with Crippen LogP contribution in [0.15, 0.2) is 0 Å². The standard InChI is InChI=1S/C12H26N2O2/c1-2-3-9-16-11-12(15)10-13-14-7-5-4-6-8-14/h12-13,15H,2-11H2,1H3. The molecule has 0 bridgehead atoms. The Labute approximate surface area is 98.9 Å². The van der Waals surface area contributed by atoms with Crippen molar-refractivity contribution >= 4 is 0 Å². The first-order valence-corrected chi connectivity index (χ1v) is 6.57. The van der Waals surface area contributed by atoms with Crippen molar-refractivity contribution in [3.8, 4) is 0 Å². The zero-order valence-electron chi connectivity index (χ0n) is 10.5. The largest absolute Gasteiger partial charge is 0.389 e. The van der Waals surface area contributed by atoms with Crippen molar-refractivity contribution < 1.29 is 9.84 Å². The molecule has 96 valence electrons. The highest BCUT2D eigenvalue weighted by Gasteiger charge is 2.11. The van der Waals surface area contributed by atoms with Crippen molar-refractivity contribution in [1.82, 2.24) is 10.4 Å². The topological polar surface area (TPSA) is 44.7 Å². The molecular formula is C12H26N2O2. The van der Waals surface area contributed by atoms with E-state index in [1.165, 1.54) is 19.3 Å². The molecule has 0 aromatic carbocycles. The smallest absolute Gasteiger partial charge is 0.0911 e. The minimum atomic E-state index is -0.390. The average molecular weight is 230 g/mol. The Morgan fingerprint density at radius 1 is 1.31 bits per heavy atom. The number of ether oxygens (including phenoxy) is 1. The molecule has 1 saturated heterocycles. The van der Waals surface area contributed by atoms with Crippen LogP contribution in [-0.2, 0) is 4.74 Å². The second-order valence-corrected chi connectivity index (χ2v) is 4.49. The van der Waals surface area contributed by atoms with Gasteiger partial charge in [-0.3, -0.25) is 5.43 Å². The highest BCUT2D eigenvalue weighted by molar-refractivity contribution is 4.63. The summed E-state index contributed by atoms with van der Waals surface area (Å²) in [4.78, 5) is 0. The van der Waals surface area contributed by atoms with Crippen LogP contribution in [0.25, 0.3) is 0 Å². The van der Waals surface area contributed by atoms with Crippen molar-refractivity contribution in [1.29, 1.82) is 0 Å². The zero-order chi connectivity index (χ0) is 11.6. The van der Waals surface area contributed by atoms with Crippen LogP contribution in [-0.4, -0.2) is 49.1 Å². The molecule has 0 radical (unpaired) electrons. The number of hydrazine groups is 1. The first kappa shape index (κ1) is 13.9. The lowest BCUT2D eigenvalue weighted by Gasteiger charge is -2.28. The fraction of sp³-hybridized carbons (Fsp3) is 1.00. The van der Waals surface area contributed by atoms with E-state index in [2.05, 4.69) is 17.4 Å². The Bertz CT molecular complexity index is 161. The van der Waals surface area contributed by atoms with E-state index in [1.54, 1.807) is 0 Å². The van der Waals surface area contributed by atoms with Gasteiger partial charge in [-0.05, 0) is 19.3 Å². The van der Waals surface area contributed by atoms with Crippen molar-refractivity contribution in [2.75, 3.05) is 32.8 Å². The molecule has 0 spiro atoms. The van der Waals surface area contributed by atoms with Gasteiger partial charge in [0.05, 0.1) is 12.7 Å². The molecular weight excluding hydrogens is 204 g/mol. The van der Waals surface area contributed by atoms with E-state index in [9.17, 15) is 5.11 Å². The lowest BCUT2D eigenvalue weighted by molar-refractivity contribution is 0.0205. The van der Waals surface area contributed by atoms with E-state index in [0.717, 1.165) is 32.5 Å². The monoisotopic (exact) mass is 230 g/mol. The predicted octanol–water partition coefficient (Wildman–Crippen LogP) is 1.15. The fourth-order valence-corrected chi connectivity index (χ4v) is 1.81. The summed E-state index contributed by atoms with van der Waals surface area (Å²) < 4.78 is 5.37. The maximum Gasteiger partial charge on any atom is 0.0911 e. The highest BCUT2D eigenvalue weighted by Crippen LogP contribution is 2.05. The quantitative estimate of drug-likeness (QED) is 0.614. The predicted molar refractivity (Wildman–Crippen MR) is 65.2 cm³/mol. The number of aliphatic hydroxyl groups is 1. The van der Waals surface area contributed by atoms with E-state index >= 15 is 0 Å². The lowest BCUT2D eigenvalue weighted by Crippen LogP contribution is -2.45. The molecule has 1 unspecified atom stereocenters. The van der Waals surface area contributed by atoms with Gasteiger partial charge in [0.25, 0.3) is 0 Å². The molecule has 2 N–H and O–H groups in total. The third-order valence-corrected chi connectivity index (χ3v) is 2.86. The Hall–Kier alpha value is -0.160. The Morgan fingerprint density at radius 2 is 2.06 bits per heavy atom. The van der Waals surface area contributed by atoms with Crippen LogP contribution in [0, 0.1) is 0 Å². The van der Waals surface area contributed by atoms with Crippen molar-refractivity contribution in [2.45, 2.75) is 45.1 Å². The molecule has 0 amide bonds. The normalized spacial score (nSPS) is 19.9. The van der Waals surface area contributed by atoms with Crippen LogP contribution in [0.4, 0.5) is 0 Å². The molecule has 1 fully saturated rings. The van der Waals surface area contributed by atoms with E-state index in [0.29, 0.717) is 13.2 Å². The van der Waals surface area contributed by atoms with E-state index in [1.807, 2.05) is 0 Å². The van der Waals surface area contributed by atoms with E-state index < -0.39 is 6.10 Å². The molecule has 0 aromatic rings. The van der Waals surface area contributed by atoms with Gasteiger partial charge < -0.3 is 9.84 Å². The minimum absolute atomic E-state index is 0.390. The van der Waals surface area contributed by atoms with Gasteiger partial charge in [-0.1, -0.05) is 19.8 Å². The first-order valence-electron chi connectivity index (χ1n) is 6.57. The number of nitrogens with one attached hydrogen (secondary N) is 1. The summed E-state index contributed by atoms with van der Waals surface area (Å²) in [5.41, 5.74) is 3.27. The fourth-order valence-electron chi connectivity index (χ4n) is 1.81. The number of hydrogen-bond acceptors (Lipinski definition) is 4. The highest BCUT2D eigenvalue weighted by atomic mass is 16.5. The van der Waals surface area contributed by atoms with Crippen LogP contribution in [0.3, 0.4) is 0 Å². The van der Waals surface area contributed by atoms with Crippen molar-refractivity contribution in [2.24, 2.45) is 0 Å². The number of aliphatic hydroxyl groups excluding tert-OH is 1. The van der Waals surface area contributed by atoms with Crippen LogP contribution in [0.1, 0.15) is 39.0 Å². The lowest BCUT2D eigenvalue weighted by atomic mass is 10.2. The zero-order valence-corrected chi connectivity index (χ0v) is 10.5. The van der Waals surface area contributed by atoms with Crippen molar-refractivity contribution in [3.63, 3.8) is 0 Å². The second kappa shape index (κ2) is 8.93. The Kier molecular flexibility index (Phi) is 7.76. The molecule has 4 heteroatoms. The van der Waals surface area contributed by atoms with Gasteiger partial charge in [-0.2, -0.15) is 0 Å². The van der Waals surface area contributed by atoms with Gasteiger partial charge in [0.1, 0.15) is 0 Å². The second-order valence-electron chi connectivity index (χ2n) is 4.49. The van der Waals surface area contributed by atoms with Crippen LogP contribution >= 0.6 is 0 Å². The molecule has 0 aliphatic carbocycles. The van der Waals surface area contributed by atoms with Crippen LogP contribution < -0.4 is 5.43 Å². The summed E-state index contributed by atoms with van der Waals surface area (Å²) in [6.45, 7) is 6.15. The van der Waals surface area contributed by atoms with Gasteiger partial charge in [0, 0.05) is 26.2 Å². The summed E-state index contributed by atoms with van der Waals surface area (Å²) >= 11 is 0. The number of unbranched alkanes of at least 4 members (excludes halogenated alkanes) is 1. The van der Waals surface area contributed by atoms with Crippen molar-refractivity contribution in [3.05, 3.63) is 0 Å². The van der Waals surface area contributed by atoms with Gasteiger partial charge in [-0.25, -0.2) is 5.01 Å². The maximum atomic E-state index is 9.66. The summed E-state index contributed by atoms with van der Waals surface area (Å²) in [5.74, 6) is 0. The number of rotatable bonds is 8. The van der Waals surface area contributed by atoms with Gasteiger partial charge in [-0.15, -0.1) is 0 Å². The third kappa shape index (κ3) is 6.43. The third-order valence-electron chi connectivity index (χ3n) is 2.86. The molecule has 1 atom stereocenters. The van der Waals surface area contributed by atoms with Crippen LogP contribution in [0.2, 0.25) is 0 Å². The summed E-state index contributed by atoms with van der Waals surface area (Å²) in [5, 5.41) is 11.9. The van der Waals surface area contributed by atoms with E-state index in [4.69, 9.17) is 4.74 Å². The van der Waals surface area contributed by atoms with Gasteiger partial charge in [0.2, 0.25) is 0 Å². The molecule has 16 heavy (non-hydrogen) atoms. The molecule has 0 aromatic heterocycles. The van der Waals surface area contributed by atoms with Crippen LogP contribution in [0.5, 0.6) is 0 Å². The SMILES string of the molecule is CCCCOCC(O)CNN1CCCCC1. The summed E-state index contributed by atoms with van der Waals surface area (Å²) in [6.07, 6.45) is 5.68. The minimum Gasteiger partial charge on any atom is -0.389 e. The maximum absolute atomic E-state index is 9.66. The molecule has 1 heterocycles. The van der Waals surface area contributed by atoms with E-state index in [-0.39, 0.29) is 0 Å². The molecule has 1 rings (SSSR count). The Balaban J connectivity index is 1.94. The number of hydrogen-bond donors (Lipinski definition) is 2. The molecule has 4 nitrogen and oxygen atoms in total. The molecule has 0 saturated carbocycles. The first-order chi connectivity index (χ1) is 7.83. The summed E-state index contributed by atoms with van der Waals surface area (Å²) in [6, 6.07) is 0. The summed E-state index contributed by atoms with van der Waals surface area (Å²) in [7, 11) is 0. The Morgan fingerprint density at radius 3 is 2.75 bits per heavy atom. The number of piperidine rings is 1. The molecule has 1 aliphatic rings. The van der Waals surface area contributed by atoms with Gasteiger partial charge >= 0.3 is 0 Å². The van der Waals surface area contributed by atoms with Gasteiger partial charge in [0.15, 0.2) is 0 Å². The molecule has 1 aliphatic heterocycles. The number of nitrogens with zero attached hydrogens (tertiary/aromatic N) is 1.